The van der Waals surface area contributed by atoms with E-state index in [-0.39, 0.29) is 49.9 Å². The fourth-order valence-electron chi connectivity index (χ4n) is 4.29. The molecule has 11 heteroatoms. The van der Waals surface area contributed by atoms with Crippen LogP contribution in [0, 0.1) is 5.82 Å². The zero-order chi connectivity index (χ0) is 26.1. The SMILES string of the molecule is CCS(=O)(=O)N(CCOC)CC(=O)N(Cc1cccc(F)c1)C1CCN(C(=O)Cc2cccs2)CC1. The van der Waals surface area contributed by atoms with Gasteiger partial charge in [0.05, 0.1) is 25.3 Å². The molecule has 1 aromatic carbocycles. The summed E-state index contributed by atoms with van der Waals surface area (Å²) in [5.74, 6) is -0.822. The normalized spacial score (nSPS) is 14.8. The van der Waals surface area contributed by atoms with Crippen LogP contribution in [0.3, 0.4) is 0 Å². The largest absolute Gasteiger partial charge is 0.383 e. The molecule has 1 aliphatic rings. The first-order valence-electron chi connectivity index (χ1n) is 12.0. The lowest BCUT2D eigenvalue weighted by atomic mass is 10.0. The number of hydrogen-bond acceptors (Lipinski definition) is 6. The van der Waals surface area contributed by atoms with Crippen LogP contribution in [-0.2, 0) is 37.3 Å². The molecule has 1 aromatic heterocycles. The zero-order valence-electron chi connectivity index (χ0n) is 20.8. The van der Waals surface area contributed by atoms with Gasteiger partial charge in [0.25, 0.3) is 0 Å². The Hall–Kier alpha value is -2.34. The lowest BCUT2D eigenvalue weighted by Crippen LogP contribution is -2.51. The first-order chi connectivity index (χ1) is 17.2. The highest BCUT2D eigenvalue weighted by Gasteiger charge is 2.32. The van der Waals surface area contributed by atoms with Crippen LogP contribution in [-0.4, -0.2) is 86.0 Å². The molecule has 8 nitrogen and oxygen atoms in total. The van der Waals surface area contributed by atoms with Gasteiger partial charge in [-0.3, -0.25) is 9.59 Å². The highest BCUT2D eigenvalue weighted by molar-refractivity contribution is 7.89. The summed E-state index contributed by atoms with van der Waals surface area (Å²) in [6.07, 6.45) is 1.49. The van der Waals surface area contributed by atoms with E-state index in [9.17, 15) is 22.4 Å². The Balaban J connectivity index is 1.73. The number of piperidine rings is 1. The number of thiophene rings is 1. The fraction of sp³-hybridized carbons (Fsp3) is 0.520. The van der Waals surface area contributed by atoms with Gasteiger partial charge in [-0.2, -0.15) is 4.31 Å². The molecule has 1 fully saturated rings. The van der Waals surface area contributed by atoms with Crippen molar-refractivity contribution in [3.05, 3.63) is 58.0 Å². The number of likely N-dealkylation sites (tertiary alicyclic amines) is 1. The maximum Gasteiger partial charge on any atom is 0.238 e. The van der Waals surface area contributed by atoms with Crippen LogP contribution in [0.2, 0.25) is 0 Å². The Bertz CT molecular complexity index is 1100. The Morgan fingerprint density at radius 3 is 2.56 bits per heavy atom. The summed E-state index contributed by atoms with van der Waals surface area (Å²) < 4.78 is 45.2. The van der Waals surface area contributed by atoms with Crippen molar-refractivity contribution in [2.75, 3.05) is 45.6 Å². The Labute approximate surface area is 216 Å². The quantitative estimate of drug-likeness (QED) is 0.414. The topological polar surface area (TPSA) is 87.2 Å². The second-order valence-electron chi connectivity index (χ2n) is 8.75. The second kappa shape index (κ2) is 13.3. The summed E-state index contributed by atoms with van der Waals surface area (Å²) in [6, 6.07) is 9.72. The number of methoxy groups -OCH3 is 1. The Kier molecular flexibility index (Phi) is 10.4. The molecule has 0 N–H and O–H groups in total. The molecule has 0 atom stereocenters. The molecular formula is C25H34FN3O5S2. The minimum atomic E-state index is -3.62. The molecule has 2 heterocycles. The molecule has 3 rings (SSSR count). The van der Waals surface area contributed by atoms with Crippen LogP contribution in [0.1, 0.15) is 30.2 Å². The van der Waals surface area contributed by atoms with E-state index >= 15 is 0 Å². The molecule has 0 aliphatic carbocycles. The Morgan fingerprint density at radius 2 is 1.94 bits per heavy atom. The zero-order valence-corrected chi connectivity index (χ0v) is 22.4. The number of halogens is 1. The summed E-state index contributed by atoms with van der Waals surface area (Å²) in [4.78, 5) is 30.7. The number of benzene rings is 1. The predicted octanol–water partition coefficient (Wildman–Crippen LogP) is 2.75. The monoisotopic (exact) mass is 539 g/mol. The molecule has 0 spiro atoms. The van der Waals surface area contributed by atoms with Crippen molar-refractivity contribution in [3.63, 3.8) is 0 Å². The molecule has 1 aliphatic heterocycles. The maximum absolute atomic E-state index is 13.9. The van der Waals surface area contributed by atoms with Gasteiger partial charge in [0.2, 0.25) is 21.8 Å². The average Bonchev–Trinajstić information content (AvgIpc) is 3.38. The molecule has 2 amide bonds. The van der Waals surface area contributed by atoms with E-state index in [2.05, 4.69) is 0 Å². The van der Waals surface area contributed by atoms with Crippen LogP contribution in [0.25, 0.3) is 0 Å². The maximum atomic E-state index is 13.9. The van der Waals surface area contributed by atoms with Crippen molar-refractivity contribution in [1.29, 1.82) is 0 Å². The van der Waals surface area contributed by atoms with Crippen LogP contribution >= 0.6 is 11.3 Å². The van der Waals surface area contributed by atoms with Gasteiger partial charge in [-0.05, 0) is 48.9 Å². The number of ether oxygens (including phenoxy) is 1. The molecule has 0 unspecified atom stereocenters. The van der Waals surface area contributed by atoms with Gasteiger partial charge < -0.3 is 14.5 Å². The van der Waals surface area contributed by atoms with Crippen molar-refractivity contribution >= 4 is 33.2 Å². The van der Waals surface area contributed by atoms with E-state index < -0.39 is 15.8 Å². The fourth-order valence-corrected chi connectivity index (χ4v) is 6.01. The summed E-state index contributed by atoms with van der Waals surface area (Å²) in [5, 5.41) is 1.94. The van der Waals surface area contributed by atoms with Crippen molar-refractivity contribution in [2.24, 2.45) is 0 Å². The number of sulfonamides is 1. The molecule has 36 heavy (non-hydrogen) atoms. The number of hydrogen-bond donors (Lipinski definition) is 0. The van der Waals surface area contributed by atoms with Gasteiger partial charge in [-0.15, -0.1) is 11.3 Å². The summed E-state index contributed by atoms with van der Waals surface area (Å²) in [6.45, 7) is 2.63. The molecule has 0 radical (unpaired) electrons. The minimum Gasteiger partial charge on any atom is -0.383 e. The van der Waals surface area contributed by atoms with Crippen molar-refractivity contribution < 1.29 is 27.1 Å². The standard InChI is InChI=1S/C25H34FN3O5S2/c1-3-36(32,33)28(13-14-34-2)19-25(31)29(18-20-6-4-7-21(26)16-20)22-9-11-27(12-10-22)24(30)17-23-8-5-15-35-23/h4-8,15-16,22H,3,9-14,17-19H2,1-2H3. The van der Waals surface area contributed by atoms with Gasteiger partial charge in [0.15, 0.2) is 0 Å². The van der Waals surface area contributed by atoms with Crippen LogP contribution in [0.5, 0.6) is 0 Å². The number of nitrogens with zero attached hydrogens (tertiary/aromatic N) is 3. The third-order valence-corrected chi connectivity index (χ3v) is 9.04. The molecule has 2 aromatic rings. The highest BCUT2D eigenvalue weighted by Crippen LogP contribution is 2.22. The predicted molar refractivity (Wildman–Crippen MR) is 137 cm³/mol. The highest BCUT2D eigenvalue weighted by atomic mass is 32.2. The summed E-state index contributed by atoms with van der Waals surface area (Å²) in [7, 11) is -2.15. The van der Waals surface area contributed by atoms with E-state index in [0.29, 0.717) is 37.9 Å². The van der Waals surface area contributed by atoms with E-state index in [1.165, 1.54) is 26.2 Å². The van der Waals surface area contributed by atoms with E-state index in [1.807, 2.05) is 22.4 Å². The molecule has 198 valence electrons. The third-order valence-electron chi connectivity index (χ3n) is 6.34. The first kappa shape index (κ1) is 28.2. The number of carbonyl (C=O) groups excluding carboxylic acids is 2. The van der Waals surface area contributed by atoms with Gasteiger partial charge in [-0.25, -0.2) is 12.8 Å². The molecule has 1 saturated heterocycles. The first-order valence-corrected chi connectivity index (χ1v) is 14.5. The van der Waals surface area contributed by atoms with Gasteiger partial charge in [0, 0.05) is 44.2 Å². The van der Waals surface area contributed by atoms with Gasteiger partial charge in [-0.1, -0.05) is 18.2 Å². The van der Waals surface area contributed by atoms with E-state index in [0.717, 1.165) is 9.18 Å². The minimum absolute atomic E-state index is 0.0543. The molecular weight excluding hydrogens is 505 g/mol. The van der Waals surface area contributed by atoms with Gasteiger partial charge >= 0.3 is 0 Å². The smallest absolute Gasteiger partial charge is 0.238 e. The number of amides is 2. The lowest BCUT2D eigenvalue weighted by molar-refractivity contribution is -0.137. The van der Waals surface area contributed by atoms with Gasteiger partial charge in [0.1, 0.15) is 5.82 Å². The number of rotatable bonds is 12. The molecule has 0 bridgehead atoms. The van der Waals surface area contributed by atoms with Crippen LogP contribution in [0.15, 0.2) is 41.8 Å². The van der Waals surface area contributed by atoms with Crippen LogP contribution < -0.4 is 0 Å². The van der Waals surface area contributed by atoms with E-state index in [1.54, 1.807) is 28.4 Å². The van der Waals surface area contributed by atoms with Crippen molar-refractivity contribution in [2.45, 2.75) is 38.8 Å². The average molecular weight is 540 g/mol. The van der Waals surface area contributed by atoms with Crippen molar-refractivity contribution in [1.82, 2.24) is 14.1 Å². The third kappa shape index (κ3) is 7.83. The lowest BCUT2D eigenvalue weighted by Gasteiger charge is -2.39. The Morgan fingerprint density at radius 1 is 1.19 bits per heavy atom. The van der Waals surface area contributed by atoms with Crippen molar-refractivity contribution in [3.8, 4) is 0 Å². The summed E-state index contributed by atoms with van der Waals surface area (Å²) in [5.41, 5.74) is 0.626. The summed E-state index contributed by atoms with van der Waals surface area (Å²) >= 11 is 1.55. The number of carbonyl (C=O) groups is 2. The molecule has 0 saturated carbocycles. The van der Waals surface area contributed by atoms with E-state index in [4.69, 9.17) is 4.74 Å². The second-order valence-corrected chi connectivity index (χ2v) is 12.0. The van der Waals surface area contributed by atoms with Crippen LogP contribution in [0.4, 0.5) is 4.39 Å².